The van der Waals surface area contributed by atoms with Crippen molar-refractivity contribution in [2.24, 2.45) is 0 Å². The second kappa shape index (κ2) is 4.02. The first-order valence-corrected chi connectivity index (χ1v) is 6.00. The molecular formula is C15H12N2O2. The maximum atomic E-state index is 12.5. The maximum Gasteiger partial charge on any atom is 0.266 e. The second-order valence-corrected chi connectivity index (χ2v) is 4.59. The zero-order valence-corrected chi connectivity index (χ0v) is 10.7. The van der Waals surface area contributed by atoms with Gasteiger partial charge in [0.2, 0.25) is 0 Å². The van der Waals surface area contributed by atoms with Crippen LogP contribution in [0, 0.1) is 13.8 Å². The molecule has 0 spiro atoms. The number of hydrogen-bond donors (Lipinski definition) is 0. The number of hydrogen-bond acceptors (Lipinski definition) is 3. The van der Waals surface area contributed by atoms with E-state index in [9.17, 15) is 9.59 Å². The molecule has 94 valence electrons. The van der Waals surface area contributed by atoms with Crippen LogP contribution in [0.25, 0.3) is 0 Å². The fraction of sp³-hybridized carbons (Fsp3) is 0.133. The minimum absolute atomic E-state index is 0.269. The molecule has 3 rings (SSSR count). The van der Waals surface area contributed by atoms with Crippen molar-refractivity contribution in [1.29, 1.82) is 0 Å². The van der Waals surface area contributed by atoms with Crippen molar-refractivity contribution in [3.05, 3.63) is 58.9 Å². The first kappa shape index (κ1) is 11.6. The Balaban J connectivity index is 2.18. The minimum Gasteiger partial charge on any atom is -0.268 e. The molecule has 4 heteroatoms. The Morgan fingerprint density at radius 2 is 1.84 bits per heavy atom. The Kier molecular flexibility index (Phi) is 2.45. The number of carbonyl (C=O) groups excluding carboxylic acids is 2. The molecule has 0 saturated carbocycles. The van der Waals surface area contributed by atoms with Crippen molar-refractivity contribution in [1.82, 2.24) is 4.98 Å². The largest absolute Gasteiger partial charge is 0.268 e. The summed E-state index contributed by atoms with van der Waals surface area (Å²) in [5, 5.41) is 0. The predicted octanol–water partition coefficient (Wildman–Crippen LogP) is 2.50. The standard InChI is InChI=1S/C15H12N2O2/c1-9-5-6-12-13(10(9)2)15(19)17(14(12)18)11-4-3-7-16-8-11/h3-8H,1-2H3. The molecule has 2 aromatic rings. The Labute approximate surface area is 110 Å². The van der Waals surface area contributed by atoms with Gasteiger partial charge in [0.25, 0.3) is 11.8 Å². The van der Waals surface area contributed by atoms with Crippen LogP contribution in [0.2, 0.25) is 0 Å². The fourth-order valence-electron chi connectivity index (χ4n) is 2.31. The van der Waals surface area contributed by atoms with Crippen LogP contribution in [0.3, 0.4) is 0 Å². The van der Waals surface area contributed by atoms with E-state index in [0.717, 1.165) is 11.1 Å². The molecule has 0 atom stereocenters. The van der Waals surface area contributed by atoms with Gasteiger partial charge in [-0.25, -0.2) is 4.90 Å². The van der Waals surface area contributed by atoms with E-state index in [0.29, 0.717) is 16.8 Å². The van der Waals surface area contributed by atoms with E-state index < -0.39 is 0 Å². The van der Waals surface area contributed by atoms with Gasteiger partial charge < -0.3 is 0 Å². The van der Waals surface area contributed by atoms with Crippen molar-refractivity contribution in [2.75, 3.05) is 4.90 Å². The normalized spacial score (nSPS) is 13.9. The van der Waals surface area contributed by atoms with E-state index in [4.69, 9.17) is 0 Å². The highest BCUT2D eigenvalue weighted by molar-refractivity contribution is 6.34. The Morgan fingerprint density at radius 3 is 2.53 bits per heavy atom. The molecule has 0 saturated heterocycles. The average molecular weight is 252 g/mol. The summed E-state index contributed by atoms with van der Waals surface area (Å²) < 4.78 is 0. The van der Waals surface area contributed by atoms with Crippen LogP contribution in [0.4, 0.5) is 5.69 Å². The lowest BCUT2D eigenvalue weighted by Gasteiger charge is -2.12. The number of anilines is 1. The fourth-order valence-corrected chi connectivity index (χ4v) is 2.31. The summed E-state index contributed by atoms with van der Waals surface area (Å²) in [5.74, 6) is -0.551. The second-order valence-electron chi connectivity index (χ2n) is 4.59. The van der Waals surface area contributed by atoms with Crippen LogP contribution < -0.4 is 4.90 Å². The molecule has 1 aromatic carbocycles. The summed E-state index contributed by atoms with van der Waals surface area (Å²) in [5.41, 5.74) is 3.35. The molecule has 0 aliphatic carbocycles. The molecule has 0 unspecified atom stereocenters. The van der Waals surface area contributed by atoms with Crippen molar-refractivity contribution >= 4 is 17.5 Å². The molecule has 0 N–H and O–H groups in total. The summed E-state index contributed by atoms with van der Waals surface area (Å²) in [6.45, 7) is 3.80. The quantitative estimate of drug-likeness (QED) is 0.733. The third-order valence-corrected chi connectivity index (χ3v) is 3.49. The molecule has 4 nitrogen and oxygen atoms in total. The Bertz CT molecular complexity index is 693. The molecular weight excluding hydrogens is 240 g/mol. The zero-order chi connectivity index (χ0) is 13.6. The van der Waals surface area contributed by atoms with Gasteiger partial charge in [-0.1, -0.05) is 6.07 Å². The van der Waals surface area contributed by atoms with Gasteiger partial charge >= 0.3 is 0 Å². The molecule has 2 amide bonds. The number of imide groups is 1. The van der Waals surface area contributed by atoms with Crippen molar-refractivity contribution < 1.29 is 9.59 Å². The van der Waals surface area contributed by atoms with Crippen LogP contribution in [-0.4, -0.2) is 16.8 Å². The first-order valence-electron chi connectivity index (χ1n) is 6.00. The van der Waals surface area contributed by atoms with Gasteiger partial charge in [0, 0.05) is 6.20 Å². The number of aromatic nitrogens is 1. The number of aryl methyl sites for hydroxylation is 1. The smallest absolute Gasteiger partial charge is 0.266 e. The third kappa shape index (κ3) is 1.57. The van der Waals surface area contributed by atoms with Gasteiger partial charge in [-0.05, 0) is 43.2 Å². The minimum atomic E-state index is -0.281. The van der Waals surface area contributed by atoms with E-state index in [2.05, 4.69) is 4.98 Å². The molecule has 0 bridgehead atoms. The lowest BCUT2D eigenvalue weighted by atomic mass is 9.99. The molecule has 2 heterocycles. The third-order valence-electron chi connectivity index (χ3n) is 3.49. The number of rotatable bonds is 1. The van der Waals surface area contributed by atoms with E-state index in [1.165, 1.54) is 11.1 Å². The van der Waals surface area contributed by atoms with Crippen LogP contribution in [0.1, 0.15) is 31.8 Å². The molecule has 0 fully saturated rings. The highest BCUT2D eigenvalue weighted by Crippen LogP contribution is 2.30. The number of benzene rings is 1. The first-order chi connectivity index (χ1) is 9.11. The van der Waals surface area contributed by atoms with E-state index in [1.807, 2.05) is 19.9 Å². The summed E-state index contributed by atoms with van der Waals surface area (Å²) in [7, 11) is 0. The van der Waals surface area contributed by atoms with Crippen LogP contribution in [0.5, 0.6) is 0 Å². The van der Waals surface area contributed by atoms with E-state index in [1.54, 1.807) is 24.4 Å². The van der Waals surface area contributed by atoms with Crippen molar-refractivity contribution in [3.8, 4) is 0 Å². The van der Waals surface area contributed by atoms with Crippen molar-refractivity contribution in [2.45, 2.75) is 13.8 Å². The number of nitrogens with zero attached hydrogens (tertiary/aromatic N) is 2. The van der Waals surface area contributed by atoms with Gasteiger partial charge in [-0.2, -0.15) is 0 Å². The topological polar surface area (TPSA) is 50.3 Å². The summed E-state index contributed by atoms with van der Waals surface area (Å²) in [4.78, 5) is 29.9. The average Bonchev–Trinajstić information content (AvgIpc) is 2.67. The molecule has 1 aromatic heterocycles. The number of carbonyl (C=O) groups is 2. The van der Waals surface area contributed by atoms with Crippen LogP contribution in [-0.2, 0) is 0 Å². The van der Waals surface area contributed by atoms with Gasteiger partial charge in [0.15, 0.2) is 0 Å². The molecule has 1 aliphatic rings. The van der Waals surface area contributed by atoms with Crippen LogP contribution >= 0.6 is 0 Å². The SMILES string of the molecule is Cc1ccc2c(c1C)C(=O)N(c1cccnc1)C2=O. The van der Waals surface area contributed by atoms with Crippen molar-refractivity contribution in [3.63, 3.8) is 0 Å². The lowest BCUT2D eigenvalue weighted by Crippen LogP contribution is -2.29. The van der Waals surface area contributed by atoms with E-state index in [-0.39, 0.29) is 11.8 Å². The van der Waals surface area contributed by atoms with E-state index >= 15 is 0 Å². The van der Waals surface area contributed by atoms with Gasteiger partial charge in [0.1, 0.15) is 0 Å². The molecule has 1 aliphatic heterocycles. The van der Waals surface area contributed by atoms with Gasteiger partial charge in [-0.3, -0.25) is 14.6 Å². The van der Waals surface area contributed by atoms with Gasteiger partial charge in [0.05, 0.1) is 23.0 Å². The zero-order valence-electron chi connectivity index (χ0n) is 10.7. The number of fused-ring (bicyclic) bond motifs is 1. The maximum absolute atomic E-state index is 12.5. The highest BCUT2D eigenvalue weighted by atomic mass is 16.2. The summed E-state index contributed by atoms with van der Waals surface area (Å²) in [6.07, 6.45) is 3.13. The molecule has 0 radical (unpaired) electrons. The highest BCUT2D eigenvalue weighted by Gasteiger charge is 2.38. The Morgan fingerprint density at radius 1 is 1.05 bits per heavy atom. The Hall–Kier alpha value is -2.49. The number of pyridine rings is 1. The van der Waals surface area contributed by atoms with Crippen LogP contribution in [0.15, 0.2) is 36.7 Å². The monoisotopic (exact) mass is 252 g/mol. The predicted molar refractivity (Wildman–Crippen MR) is 71.3 cm³/mol. The summed E-state index contributed by atoms with van der Waals surface area (Å²) in [6, 6.07) is 6.99. The lowest BCUT2D eigenvalue weighted by molar-refractivity contribution is 0.0926. The molecule has 19 heavy (non-hydrogen) atoms. The van der Waals surface area contributed by atoms with Gasteiger partial charge in [-0.15, -0.1) is 0 Å². The number of amides is 2. The summed E-state index contributed by atoms with van der Waals surface area (Å²) >= 11 is 0.